The molecule has 0 spiro atoms. The molecule has 0 radical (unpaired) electrons. The highest BCUT2D eigenvalue weighted by Gasteiger charge is 2.22. The highest BCUT2D eigenvalue weighted by atomic mass is 16.4. The number of rotatable bonds is 4. The van der Waals surface area contributed by atoms with Gasteiger partial charge in [0.1, 0.15) is 5.75 Å². The Hall–Kier alpha value is -2.82. The number of aromatic hydroxyl groups is 1. The molecular weight excluding hydrogens is 294 g/mol. The maximum Gasteiger partial charge on any atom is 0.310 e. The van der Waals surface area contributed by atoms with Gasteiger partial charge in [0.15, 0.2) is 0 Å². The summed E-state index contributed by atoms with van der Waals surface area (Å²) in [6, 6.07) is 11.8. The van der Waals surface area contributed by atoms with E-state index < -0.39 is 11.9 Å². The van der Waals surface area contributed by atoms with E-state index in [0.29, 0.717) is 11.1 Å². The van der Waals surface area contributed by atoms with Crippen LogP contribution in [0.15, 0.2) is 42.5 Å². The summed E-state index contributed by atoms with van der Waals surface area (Å²) in [5.74, 6) is -1.83. The lowest BCUT2D eigenvalue weighted by molar-refractivity contribution is -0.138. The van der Waals surface area contributed by atoms with Crippen molar-refractivity contribution < 1.29 is 19.8 Å². The lowest BCUT2D eigenvalue weighted by atomic mass is 9.91. The summed E-state index contributed by atoms with van der Waals surface area (Å²) in [5.41, 5.74) is 2.48. The predicted octanol–water partition coefficient (Wildman–Crippen LogP) is 2.95. The van der Waals surface area contributed by atoms with Gasteiger partial charge in [0.05, 0.1) is 5.92 Å². The number of nitrogens with zero attached hydrogens (tertiary/aromatic N) is 1. The molecular formula is C18H19NO4. The summed E-state index contributed by atoms with van der Waals surface area (Å²) < 4.78 is 0. The first kappa shape index (κ1) is 16.5. The zero-order chi connectivity index (χ0) is 17.1. The minimum absolute atomic E-state index is 0.162. The molecule has 1 amide bonds. The molecule has 0 aliphatic carbocycles. The van der Waals surface area contributed by atoms with Crippen molar-refractivity contribution >= 4 is 11.9 Å². The molecule has 0 aliphatic heterocycles. The highest BCUT2D eigenvalue weighted by molar-refractivity contribution is 5.98. The Morgan fingerprint density at radius 1 is 1.00 bits per heavy atom. The first-order valence-corrected chi connectivity index (χ1v) is 7.19. The van der Waals surface area contributed by atoms with Gasteiger partial charge < -0.3 is 15.1 Å². The smallest absolute Gasteiger partial charge is 0.310 e. The number of aliphatic carboxylic acids is 1. The number of carbonyl (C=O) groups is 2. The number of phenols is 1. The van der Waals surface area contributed by atoms with Crippen molar-refractivity contribution in [1.82, 2.24) is 4.90 Å². The fourth-order valence-corrected chi connectivity index (χ4v) is 2.33. The molecule has 0 aliphatic rings. The number of amides is 1. The van der Waals surface area contributed by atoms with E-state index in [1.807, 2.05) is 0 Å². The molecule has 2 aromatic carbocycles. The summed E-state index contributed by atoms with van der Waals surface area (Å²) in [4.78, 5) is 25.1. The molecule has 0 saturated carbocycles. The van der Waals surface area contributed by atoms with Crippen LogP contribution in [-0.4, -0.2) is 41.1 Å². The molecule has 5 heteroatoms. The van der Waals surface area contributed by atoms with Crippen LogP contribution in [0.2, 0.25) is 0 Å². The molecule has 2 aromatic rings. The summed E-state index contributed by atoms with van der Waals surface area (Å²) in [6.45, 7) is 1.56. The van der Waals surface area contributed by atoms with Gasteiger partial charge in [0.2, 0.25) is 0 Å². The van der Waals surface area contributed by atoms with Crippen LogP contribution in [-0.2, 0) is 4.79 Å². The molecule has 2 N–H and O–H groups in total. The lowest BCUT2D eigenvalue weighted by Crippen LogP contribution is -2.24. The first-order valence-electron chi connectivity index (χ1n) is 7.19. The van der Waals surface area contributed by atoms with E-state index >= 15 is 0 Å². The van der Waals surface area contributed by atoms with E-state index in [0.717, 1.165) is 11.1 Å². The molecule has 23 heavy (non-hydrogen) atoms. The van der Waals surface area contributed by atoms with Crippen molar-refractivity contribution in [3.63, 3.8) is 0 Å². The quantitative estimate of drug-likeness (QED) is 0.909. The Balaban J connectivity index is 2.57. The van der Waals surface area contributed by atoms with Crippen molar-refractivity contribution in [3.05, 3.63) is 53.6 Å². The summed E-state index contributed by atoms with van der Waals surface area (Å²) in [7, 11) is 3.26. The maximum absolute atomic E-state index is 12.4. The number of carbonyl (C=O) groups excluding carboxylic acids is 1. The fourth-order valence-electron chi connectivity index (χ4n) is 2.33. The highest BCUT2D eigenvalue weighted by Crippen LogP contribution is 2.28. The van der Waals surface area contributed by atoms with Crippen LogP contribution >= 0.6 is 0 Å². The number of carboxylic acid groups (broad SMARTS) is 1. The van der Waals surface area contributed by atoms with Gasteiger partial charge in [0.25, 0.3) is 5.91 Å². The van der Waals surface area contributed by atoms with Crippen LogP contribution < -0.4 is 0 Å². The second-order valence-electron chi connectivity index (χ2n) is 5.61. The topological polar surface area (TPSA) is 77.8 Å². The normalized spacial score (nSPS) is 11.8. The van der Waals surface area contributed by atoms with E-state index in [4.69, 9.17) is 0 Å². The van der Waals surface area contributed by atoms with Crippen LogP contribution in [0.5, 0.6) is 5.75 Å². The zero-order valence-corrected chi connectivity index (χ0v) is 13.3. The molecule has 0 bridgehead atoms. The Morgan fingerprint density at radius 3 is 2.09 bits per heavy atom. The fraction of sp³-hybridized carbons (Fsp3) is 0.222. The molecule has 0 saturated heterocycles. The second kappa shape index (κ2) is 6.52. The third-order valence-electron chi connectivity index (χ3n) is 3.73. The minimum atomic E-state index is -0.977. The van der Waals surface area contributed by atoms with E-state index in [1.54, 1.807) is 63.5 Å². The van der Waals surface area contributed by atoms with Crippen molar-refractivity contribution in [1.29, 1.82) is 0 Å². The zero-order valence-electron chi connectivity index (χ0n) is 13.3. The number of benzene rings is 2. The van der Waals surface area contributed by atoms with Gasteiger partial charge in [-0.15, -0.1) is 0 Å². The standard InChI is InChI=1S/C18H19NO4/c1-11(18(22)23)15-9-6-13(10-16(15)17(21)19(2)3)12-4-7-14(20)8-5-12/h4-11,20H,1-3H3,(H,22,23). The van der Waals surface area contributed by atoms with Crippen LogP contribution in [0.4, 0.5) is 0 Å². The molecule has 1 unspecified atom stereocenters. The Kier molecular flexibility index (Phi) is 4.69. The van der Waals surface area contributed by atoms with Gasteiger partial charge in [-0.3, -0.25) is 9.59 Å². The van der Waals surface area contributed by atoms with Crippen molar-refractivity contribution in [3.8, 4) is 16.9 Å². The molecule has 0 fully saturated rings. The third-order valence-corrected chi connectivity index (χ3v) is 3.73. The molecule has 0 aromatic heterocycles. The van der Waals surface area contributed by atoms with E-state index in [9.17, 15) is 19.8 Å². The second-order valence-corrected chi connectivity index (χ2v) is 5.61. The average Bonchev–Trinajstić information content (AvgIpc) is 2.53. The van der Waals surface area contributed by atoms with Gasteiger partial charge in [-0.1, -0.05) is 24.3 Å². The van der Waals surface area contributed by atoms with Gasteiger partial charge >= 0.3 is 5.97 Å². The van der Waals surface area contributed by atoms with Gasteiger partial charge in [-0.25, -0.2) is 0 Å². The Morgan fingerprint density at radius 2 is 1.57 bits per heavy atom. The van der Waals surface area contributed by atoms with Crippen molar-refractivity contribution in [2.75, 3.05) is 14.1 Å². The first-order chi connectivity index (χ1) is 10.8. The molecule has 2 rings (SSSR count). The van der Waals surface area contributed by atoms with Gasteiger partial charge in [-0.2, -0.15) is 0 Å². The van der Waals surface area contributed by atoms with E-state index in [-0.39, 0.29) is 11.7 Å². The molecule has 1 atom stereocenters. The van der Waals surface area contributed by atoms with Crippen LogP contribution in [0.3, 0.4) is 0 Å². The van der Waals surface area contributed by atoms with Gasteiger partial charge in [-0.05, 0) is 41.8 Å². The number of hydrogen-bond acceptors (Lipinski definition) is 3. The number of phenolic OH excluding ortho intramolecular Hbond substituents is 1. The average molecular weight is 313 g/mol. The van der Waals surface area contributed by atoms with E-state index in [1.165, 1.54) is 4.90 Å². The molecule has 5 nitrogen and oxygen atoms in total. The lowest BCUT2D eigenvalue weighted by Gasteiger charge is -2.18. The van der Waals surface area contributed by atoms with Crippen LogP contribution in [0, 0.1) is 0 Å². The Bertz CT molecular complexity index is 735. The maximum atomic E-state index is 12.4. The molecule has 0 heterocycles. The number of carboxylic acids is 1. The van der Waals surface area contributed by atoms with Crippen molar-refractivity contribution in [2.24, 2.45) is 0 Å². The SMILES string of the molecule is CC(C(=O)O)c1ccc(-c2ccc(O)cc2)cc1C(=O)N(C)C. The minimum Gasteiger partial charge on any atom is -0.508 e. The summed E-state index contributed by atoms with van der Waals surface area (Å²) >= 11 is 0. The van der Waals surface area contributed by atoms with Crippen LogP contribution in [0.1, 0.15) is 28.8 Å². The van der Waals surface area contributed by atoms with Gasteiger partial charge in [0, 0.05) is 19.7 Å². The number of hydrogen-bond donors (Lipinski definition) is 2. The largest absolute Gasteiger partial charge is 0.508 e. The molecule has 120 valence electrons. The predicted molar refractivity (Wildman–Crippen MR) is 87.6 cm³/mol. The summed E-state index contributed by atoms with van der Waals surface area (Å²) in [6.07, 6.45) is 0. The third kappa shape index (κ3) is 3.51. The van der Waals surface area contributed by atoms with Crippen molar-refractivity contribution in [2.45, 2.75) is 12.8 Å². The summed E-state index contributed by atoms with van der Waals surface area (Å²) in [5, 5.41) is 18.6. The monoisotopic (exact) mass is 313 g/mol. The Labute approximate surface area is 134 Å². The van der Waals surface area contributed by atoms with E-state index in [2.05, 4.69) is 0 Å². The van der Waals surface area contributed by atoms with Crippen LogP contribution in [0.25, 0.3) is 11.1 Å².